The van der Waals surface area contributed by atoms with Crippen molar-refractivity contribution in [1.29, 1.82) is 0 Å². The molecule has 0 heterocycles. The molecule has 0 aliphatic rings. The van der Waals surface area contributed by atoms with Crippen LogP contribution in [-0.4, -0.2) is 0 Å². The van der Waals surface area contributed by atoms with Gasteiger partial charge in [0.15, 0.2) is 0 Å². The minimum Gasteiger partial charge on any atom is -0.118 e. The van der Waals surface area contributed by atoms with E-state index < -0.39 is 0 Å². The van der Waals surface area contributed by atoms with E-state index in [4.69, 9.17) is 11.6 Å². The summed E-state index contributed by atoms with van der Waals surface area (Å²) in [5.74, 6) is 0.635. The summed E-state index contributed by atoms with van der Waals surface area (Å²) < 4.78 is 0. The Labute approximate surface area is 85.9 Å². The van der Waals surface area contributed by atoms with Crippen LogP contribution in [-0.2, 0) is 0 Å². The molecule has 1 aromatic carbocycles. The average molecular weight is 197 g/mol. The molecular formula is C12H17Cl. The van der Waals surface area contributed by atoms with Crippen LogP contribution in [0.5, 0.6) is 0 Å². The van der Waals surface area contributed by atoms with Crippen molar-refractivity contribution in [1.82, 2.24) is 0 Å². The molecule has 0 N–H and O–H groups in total. The minimum absolute atomic E-state index is 0.115. The van der Waals surface area contributed by atoms with Crippen LogP contribution in [0.2, 0.25) is 0 Å². The molecule has 0 fully saturated rings. The number of alkyl halides is 1. The van der Waals surface area contributed by atoms with Gasteiger partial charge in [0.2, 0.25) is 0 Å². The Kier molecular flexibility index (Phi) is 3.80. The summed E-state index contributed by atoms with van der Waals surface area (Å²) in [5, 5.41) is 0.115. The summed E-state index contributed by atoms with van der Waals surface area (Å²) in [6, 6.07) is 8.57. The summed E-state index contributed by atoms with van der Waals surface area (Å²) in [6.45, 7) is 6.47. The van der Waals surface area contributed by atoms with Crippen molar-refractivity contribution in [3.05, 3.63) is 35.4 Å². The van der Waals surface area contributed by atoms with E-state index in [0.29, 0.717) is 5.92 Å². The Morgan fingerprint density at radius 2 is 1.85 bits per heavy atom. The van der Waals surface area contributed by atoms with Crippen molar-refractivity contribution in [3.63, 3.8) is 0 Å². The van der Waals surface area contributed by atoms with Gasteiger partial charge in [-0.2, -0.15) is 0 Å². The number of rotatable bonds is 3. The SMILES string of the molecule is CCC(C)c1cccc(C(C)Cl)c1. The third-order valence-corrected chi connectivity index (χ3v) is 2.80. The lowest BCUT2D eigenvalue weighted by Crippen LogP contribution is -1.93. The van der Waals surface area contributed by atoms with E-state index in [-0.39, 0.29) is 5.38 Å². The quantitative estimate of drug-likeness (QED) is 0.625. The Morgan fingerprint density at radius 3 is 2.38 bits per heavy atom. The molecule has 0 aliphatic heterocycles. The van der Waals surface area contributed by atoms with Crippen molar-refractivity contribution in [2.45, 2.75) is 38.5 Å². The van der Waals surface area contributed by atoms with Gasteiger partial charge in [-0.25, -0.2) is 0 Å². The van der Waals surface area contributed by atoms with E-state index in [1.165, 1.54) is 17.5 Å². The maximum absolute atomic E-state index is 6.02. The number of hydrogen-bond acceptors (Lipinski definition) is 0. The second-order valence-electron chi connectivity index (χ2n) is 3.60. The van der Waals surface area contributed by atoms with E-state index in [1.54, 1.807) is 0 Å². The molecular weight excluding hydrogens is 180 g/mol. The largest absolute Gasteiger partial charge is 0.118 e. The van der Waals surface area contributed by atoms with Crippen molar-refractivity contribution < 1.29 is 0 Å². The summed E-state index contributed by atoms with van der Waals surface area (Å²) >= 11 is 6.02. The first-order chi connectivity index (χ1) is 6.15. The van der Waals surface area contributed by atoms with Crippen molar-refractivity contribution in [3.8, 4) is 0 Å². The van der Waals surface area contributed by atoms with E-state index in [1.807, 2.05) is 6.92 Å². The summed E-state index contributed by atoms with van der Waals surface area (Å²) in [7, 11) is 0. The predicted molar refractivity (Wildman–Crippen MR) is 59.4 cm³/mol. The molecule has 0 saturated carbocycles. The molecule has 1 aromatic rings. The number of hydrogen-bond donors (Lipinski definition) is 0. The second kappa shape index (κ2) is 4.66. The second-order valence-corrected chi connectivity index (χ2v) is 4.25. The van der Waals surface area contributed by atoms with Gasteiger partial charge in [-0.15, -0.1) is 11.6 Å². The predicted octanol–water partition coefficient (Wildman–Crippen LogP) is 4.50. The minimum atomic E-state index is 0.115. The fourth-order valence-corrected chi connectivity index (χ4v) is 1.48. The highest BCUT2D eigenvalue weighted by atomic mass is 35.5. The van der Waals surface area contributed by atoms with Gasteiger partial charge < -0.3 is 0 Å². The molecule has 0 saturated heterocycles. The van der Waals surface area contributed by atoms with E-state index in [0.717, 1.165) is 0 Å². The molecule has 0 spiro atoms. The topological polar surface area (TPSA) is 0 Å². The van der Waals surface area contributed by atoms with E-state index >= 15 is 0 Å². The van der Waals surface area contributed by atoms with Gasteiger partial charge in [-0.1, -0.05) is 38.1 Å². The molecule has 2 unspecified atom stereocenters. The van der Waals surface area contributed by atoms with E-state index in [9.17, 15) is 0 Å². The van der Waals surface area contributed by atoms with Crippen LogP contribution in [0.3, 0.4) is 0 Å². The highest BCUT2D eigenvalue weighted by Gasteiger charge is 2.05. The molecule has 2 atom stereocenters. The van der Waals surface area contributed by atoms with Crippen molar-refractivity contribution in [2.24, 2.45) is 0 Å². The van der Waals surface area contributed by atoms with Gasteiger partial charge in [-0.05, 0) is 30.4 Å². The third kappa shape index (κ3) is 2.73. The third-order valence-electron chi connectivity index (χ3n) is 2.55. The first-order valence-electron chi connectivity index (χ1n) is 4.89. The van der Waals surface area contributed by atoms with Gasteiger partial charge in [0.05, 0.1) is 5.38 Å². The molecule has 1 rings (SSSR count). The normalized spacial score (nSPS) is 15.4. The van der Waals surface area contributed by atoms with Crippen LogP contribution in [0, 0.1) is 0 Å². The van der Waals surface area contributed by atoms with Gasteiger partial charge in [0, 0.05) is 0 Å². The Hall–Kier alpha value is -0.490. The lowest BCUT2D eigenvalue weighted by atomic mass is 9.96. The number of benzene rings is 1. The molecule has 1 heteroatoms. The highest BCUT2D eigenvalue weighted by molar-refractivity contribution is 6.20. The molecule has 13 heavy (non-hydrogen) atoms. The smallest absolute Gasteiger partial charge is 0.0557 e. The van der Waals surface area contributed by atoms with Gasteiger partial charge in [0.25, 0.3) is 0 Å². The Bertz CT molecular complexity index is 266. The van der Waals surface area contributed by atoms with Crippen LogP contribution in [0.4, 0.5) is 0 Å². The van der Waals surface area contributed by atoms with E-state index in [2.05, 4.69) is 38.1 Å². The fraction of sp³-hybridized carbons (Fsp3) is 0.500. The van der Waals surface area contributed by atoms with Gasteiger partial charge in [0.1, 0.15) is 0 Å². The van der Waals surface area contributed by atoms with Crippen LogP contribution in [0.15, 0.2) is 24.3 Å². The summed E-state index contributed by atoms with van der Waals surface area (Å²) in [4.78, 5) is 0. The summed E-state index contributed by atoms with van der Waals surface area (Å²) in [5.41, 5.74) is 2.62. The van der Waals surface area contributed by atoms with Crippen molar-refractivity contribution in [2.75, 3.05) is 0 Å². The highest BCUT2D eigenvalue weighted by Crippen LogP contribution is 2.24. The van der Waals surface area contributed by atoms with Crippen molar-refractivity contribution >= 4 is 11.6 Å². The first-order valence-corrected chi connectivity index (χ1v) is 5.32. The maximum Gasteiger partial charge on any atom is 0.0557 e. The molecule has 0 aliphatic carbocycles. The van der Waals surface area contributed by atoms with Crippen LogP contribution >= 0.6 is 11.6 Å². The lowest BCUT2D eigenvalue weighted by Gasteiger charge is -2.11. The van der Waals surface area contributed by atoms with Gasteiger partial charge >= 0.3 is 0 Å². The molecule has 72 valence electrons. The zero-order chi connectivity index (χ0) is 9.84. The average Bonchev–Trinajstić information content (AvgIpc) is 2.17. The zero-order valence-corrected chi connectivity index (χ0v) is 9.31. The lowest BCUT2D eigenvalue weighted by molar-refractivity contribution is 0.732. The molecule has 0 radical (unpaired) electrons. The molecule has 0 aromatic heterocycles. The molecule has 0 amide bonds. The monoisotopic (exact) mass is 196 g/mol. The van der Waals surface area contributed by atoms with Crippen LogP contribution in [0.25, 0.3) is 0 Å². The Balaban J connectivity index is 2.91. The molecule has 0 nitrogen and oxygen atoms in total. The standard InChI is InChI=1S/C12H17Cl/c1-4-9(2)11-6-5-7-12(8-11)10(3)13/h5-10H,4H2,1-3H3. The van der Waals surface area contributed by atoms with Crippen LogP contribution < -0.4 is 0 Å². The maximum atomic E-state index is 6.02. The fourth-order valence-electron chi connectivity index (χ4n) is 1.35. The van der Waals surface area contributed by atoms with Gasteiger partial charge in [-0.3, -0.25) is 0 Å². The Morgan fingerprint density at radius 1 is 1.23 bits per heavy atom. The zero-order valence-electron chi connectivity index (χ0n) is 8.55. The van der Waals surface area contributed by atoms with Crippen LogP contribution in [0.1, 0.15) is 49.6 Å². The first kappa shape index (κ1) is 10.6. The number of halogens is 1. The summed E-state index contributed by atoms with van der Waals surface area (Å²) in [6.07, 6.45) is 1.18. The molecule has 0 bridgehead atoms.